The van der Waals surface area contributed by atoms with Gasteiger partial charge in [0.25, 0.3) is 0 Å². The minimum Gasteiger partial charge on any atom is -0.508 e. The number of rotatable bonds is 4. The van der Waals surface area contributed by atoms with Gasteiger partial charge in [-0.05, 0) is 18.6 Å². The molecule has 1 aromatic carbocycles. The molecule has 88 valence electrons. The van der Waals surface area contributed by atoms with Crippen molar-refractivity contribution in [3.63, 3.8) is 0 Å². The predicted octanol–water partition coefficient (Wildman–Crippen LogP) is 2.07. The SMILES string of the molecule is Cc1ncsc1-c1ccc(CNC=O)c(O)c1. The lowest BCUT2D eigenvalue weighted by molar-refractivity contribution is -0.109. The molecular formula is C12H12N2O2S. The predicted molar refractivity (Wildman–Crippen MR) is 66.9 cm³/mol. The van der Waals surface area contributed by atoms with Crippen LogP contribution in [0.15, 0.2) is 23.7 Å². The lowest BCUT2D eigenvalue weighted by Crippen LogP contribution is -2.09. The Balaban J connectivity index is 2.31. The lowest BCUT2D eigenvalue weighted by Gasteiger charge is -2.06. The Labute approximate surface area is 103 Å². The number of aryl methyl sites for hydroxylation is 1. The van der Waals surface area contributed by atoms with Crippen LogP contribution in [-0.2, 0) is 11.3 Å². The smallest absolute Gasteiger partial charge is 0.207 e. The number of nitrogens with one attached hydrogen (secondary N) is 1. The number of aromatic hydroxyl groups is 1. The number of phenolic OH excluding ortho intramolecular Hbond substituents is 1. The summed E-state index contributed by atoms with van der Waals surface area (Å²) in [6.07, 6.45) is 0.612. The molecule has 0 saturated carbocycles. The second kappa shape index (κ2) is 4.97. The fourth-order valence-electron chi connectivity index (χ4n) is 1.59. The minimum absolute atomic E-state index is 0.185. The Bertz CT molecular complexity index is 537. The summed E-state index contributed by atoms with van der Waals surface area (Å²) in [4.78, 5) is 15.4. The summed E-state index contributed by atoms with van der Waals surface area (Å²) in [6.45, 7) is 2.27. The Kier molecular flexibility index (Phi) is 3.39. The van der Waals surface area contributed by atoms with Gasteiger partial charge in [-0.25, -0.2) is 4.98 Å². The summed E-state index contributed by atoms with van der Waals surface area (Å²) in [5, 5.41) is 12.4. The minimum atomic E-state index is 0.185. The Hall–Kier alpha value is -1.88. The second-order valence-electron chi connectivity index (χ2n) is 3.61. The molecular weight excluding hydrogens is 236 g/mol. The van der Waals surface area contributed by atoms with Crippen LogP contribution in [0.3, 0.4) is 0 Å². The standard InChI is InChI=1S/C12H12N2O2S/c1-8-12(17-7-14-8)9-2-3-10(5-13-6-15)11(16)4-9/h2-4,6-7,16H,5H2,1H3,(H,13,15). The highest BCUT2D eigenvalue weighted by Gasteiger charge is 2.08. The van der Waals surface area contributed by atoms with E-state index in [0.29, 0.717) is 18.5 Å². The normalized spacial score (nSPS) is 10.2. The Morgan fingerprint density at radius 3 is 2.94 bits per heavy atom. The van der Waals surface area contributed by atoms with E-state index in [9.17, 15) is 9.90 Å². The number of carbonyl (C=O) groups excluding carboxylic acids is 1. The Morgan fingerprint density at radius 1 is 1.53 bits per heavy atom. The molecule has 0 saturated heterocycles. The number of hydrogen-bond donors (Lipinski definition) is 2. The van der Waals surface area contributed by atoms with Gasteiger partial charge in [0.15, 0.2) is 0 Å². The summed E-state index contributed by atoms with van der Waals surface area (Å²) < 4.78 is 0. The maximum absolute atomic E-state index is 10.2. The van der Waals surface area contributed by atoms with Crippen LogP contribution >= 0.6 is 11.3 Å². The van der Waals surface area contributed by atoms with Crippen molar-refractivity contribution in [3.8, 4) is 16.2 Å². The zero-order valence-corrected chi connectivity index (χ0v) is 10.1. The van der Waals surface area contributed by atoms with E-state index in [-0.39, 0.29) is 5.75 Å². The van der Waals surface area contributed by atoms with Crippen LogP contribution in [0.1, 0.15) is 11.3 Å². The molecule has 0 unspecified atom stereocenters. The fourth-order valence-corrected chi connectivity index (χ4v) is 2.39. The molecule has 0 bridgehead atoms. The van der Waals surface area contributed by atoms with Gasteiger partial charge in [0.2, 0.25) is 6.41 Å². The first-order valence-corrected chi connectivity index (χ1v) is 5.99. The van der Waals surface area contributed by atoms with Gasteiger partial charge < -0.3 is 10.4 Å². The van der Waals surface area contributed by atoms with E-state index in [2.05, 4.69) is 10.3 Å². The number of hydrogen-bond acceptors (Lipinski definition) is 4. The number of phenols is 1. The number of carbonyl (C=O) groups is 1. The number of nitrogens with zero attached hydrogens (tertiary/aromatic N) is 1. The quantitative estimate of drug-likeness (QED) is 0.814. The highest BCUT2D eigenvalue weighted by atomic mass is 32.1. The largest absolute Gasteiger partial charge is 0.508 e. The summed E-state index contributed by atoms with van der Waals surface area (Å²) in [7, 11) is 0. The van der Waals surface area contributed by atoms with Gasteiger partial charge in [0, 0.05) is 12.1 Å². The summed E-state index contributed by atoms with van der Waals surface area (Å²) in [5.41, 5.74) is 4.37. The van der Waals surface area contributed by atoms with Gasteiger partial charge in [-0.2, -0.15) is 0 Å². The third kappa shape index (κ3) is 2.45. The second-order valence-corrected chi connectivity index (χ2v) is 4.46. The van der Waals surface area contributed by atoms with Crippen molar-refractivity contribution >= 4 is 17.7 Å². The first-order valence-electron chi connectivity index (χ1n) is 5.11. The average Bonchev–Trinajstić information content (AvgIpc) is 2.74. The molecule has 0 aliphatic heterocycles. The van der Waals surface area contributed by atoms with Gasteiger partial charge in [0.05, 0.1) is 16.1 Å². The number of benzene rings is 1. The van der Waals surface area contributed by atoms with Gasteiger partial charge in [-0.3, -0.25) is 4.79 Å². The van der Waals surface area contributed by atoms with Crippen LogP contribution < -0.4 is 5.32 Å². The first kappa shape index (κ1) is 11.6. The molecule has 4 nitrogen and oxygen atoms in total. The lowest BCUT2D eigenvalue weighted by atomic mass is 10.1. The zero-order chi connectivity index (χ0) is 12.3. The highest BCUT2D eigenvalue weighted by Crippen LogP contribution is 2.31. The van der Waals surface area contributed by atoms with Gasteiger partial charge in [-0.15, -0.1) is 11.3 Å². The molecule has 2 N–H and O–H groups in total. The van der Waals surface area contributed by atoms with Crippen molar-refractivity contribution in [1.82, 2.24) is 10.3 Å². The number of amides is 1. The van der Waals surface area contributed by atoms with Crippen molar-refractivity contribution in [2.24, 2.45) is 0 Å². The average molecular weight is 248 g/mol. The zero-order valence-electron chi connectivity index (χ0n) is 9.30. The topological polar surface area (TPSA) is 62.2 Å². The maximum atomic E-state index is 10.2. The summed E-state index contributed by atoms with van der Waals surface area (Å²) in [6, 6.07) is 5.42. The molecule has 0 atom stereocenters. The van der Waals surface area contributed by atoms with Gasteiger partial charge >= 0.3 is 0 Å². The molecule has 1 aromatic heterocycles. The third-order valence-corrected chi connectivity index (χ3v) is 3.45. The van der Waals surface area contributed by atoms with E-state index < -0.39 is 0 Å². The van der Waals surface area contributed by atoms with Gasteiger partial charge in [0.1, 0.15) is 5.75 Å². The molecule has 2 rings (SSSR count). The van der Waals surface area contributed by atoms with E-state index in [1.165, 1.54) is 0 Å². The first-order chi connectivity index (χ1) is 8.22. The van der Waals surface area contributed by atoms with Crippen LogP contribution in [-0.4, -0.2) is 16.5 Å². The molecule has 0 spiro atoms. The van der Waals surface area contributed by atoms with E-state index in [1.807, 2.05) is 13.0 Å². The fraction of sp³-hybridized carbons (Fsp3) is 0.167. The van der Waals surface area contributed by atoms with Crippen LogP contribution in [0.5, 0.6) is 5.75 Å². The monoisotopic (exact) mass is 248 g/mol. The molecule has 17 heavy (non-hydrogen) atoms. The van der Waals surface area contributed by atoms with E-state index in [4.69, 9.17) is 0 Å². The summed E-state index contributed by atoms with van der Waals surface area (Å²) in [5.74, 6) is 0.185. The van der Waals surface area contributed by atoms with Gasteiger partial charge in [-0.1, -0.05) is 12.1 Å². The third-order valence-electron chi connectivity index (χ3n) is 2.47. The number of thiazole rings is 1. The van der Waals surface area contributed by atoms with Crippen molar-refractivity contribution in [1.29, 1.82) is 0 Å². The maximum Gasteiger partial charge on any atom is 0.207 e. The molecule has 0 aliphatic rings. The van der Waals surface area contributed by atoms with Crippen LogP contribution in [0, 0.1) is 6.92 Å². The number of aromatic nitrogens is 1. The molecule has 0 radical (unpaired) electrons. The Morgan fingerprint density at radius 2 is 2.35 bits per heavy atom. The molecule has 0 fully saturated rings. The molecule has 1 amide bonds. The van der Waals surface area contributed by atoms with Crippen molar-refractivity contribution < 1.29 is 9.90 Å². The van der Waals surface area contributed by atoms with Crippen molar-refractivity contribution in [3.05, 3.63) is 35.0 Å². The van der Waals surface area contributed by atoms with Crippen LogP contribution in [0.25, 0.3) is 10.4 Å². The van der Waals surface area contributed by atoms with E-state index in [0.717, 1.165) is 16.1 Å². The van der Waals surface area contributed by atoms with E-state index >= 15 is 0 Å². The highest BCUT2D eigenvalue weighted by molar-refractivity contribution is 7.13. The molecule has 2 aromatic rings. The van der Waals surface area contributed by atoms with Crippen molar-refractivity contribution in [2.75, 3.05) is 0 Å². The molecule has 1 heterocycles. The van der Waals surface area contributed by atoms with Crippen molar-refractivity contribution in [2.45, 2.75) is 13.5 Å². The molecule has 5 heteroatoms. The van der Waals surface area contributed by atoms with Crippen LogP contribution in [0.2, 0.25) is 0 Å². The van der Waals surface area contributed by atoms with Crippen LogP contribution in [0.4, 0.5) is 0 Å². The van der Waals surface area contributed by atoms with E-state index in [1.54, 1.807) is 29.0 Å². The molecule has 0 aliphatic carbocycles. The summed E-state index contributed by atoms with van der Waals surface area (Å²) >= 11 is 1.54.